The van der Waals surface area contributed by atoms with Gasteiger partial charge in [0, 0.05) is 25.0 Å². The van der Waals surface area contributed by atoms with Gasteiger partial charge in [-0.3, -0.25) is 9.59 Å². The highest BCUT2D eigenvalue weighted by Gasteiger charge is 2.30. The number of aromatic nitrogens is 1. The predicted molar refractivity (Wildman–Crippen MR) is 110 cm³/mol. The summed E-state index contributed by atoms with van der Waals surface area (Å²) in [6, 6.07) is 11.0. The Kier molecular flexibility index (Phi) is 7.05. The van der Waals surface area contributed by atoms with E-state index in [2.05, 4.69) is 10.3 Å². The molecule has 1 aromatic heterocycles. The number of esters is 1. The van der Waals surface area contributed by atoms with E-state index in [1.165, 1.54) is 0 Å². The Morgan fingerprint density at radius 1 is 1.17 bits per heavy atom. The van der Waals surface area contributed by atoms with Gasteiger partial charge in [0.1, 0.15) is 11.6 Å². The Morgan fingerprint density at radius 3 is 2.69 bits per heavy atom. The third kappa shape index (κ3) is 5.25. The van der Waals surface area contributed by atoms with Crippen LogP contribution in [0.5, 0.6) is 5.75 Å². The first-order valence-corrected chi connectivity index (χ1v) is 10.0. The fourth-order valence-electron chi connectivity index (χ4n) is 3.40. The molecule has 2 heterocycles. The molecule has 7 heteroatoms. The Balaban J connectivity index is 1.73. The quantitative estimate of drug-likeness (QED) is 0.719. The standard InChI is InChI=1S/C22H27N3O4/c1-3-28-18-11-9-17(10-12-18)24-20-19(8-5-13-23-20)21(26)25-14-6-7-16(15-25)22(27)29-4-2/h5,8-13,16H,3-4,6-7,14-15H2,1-2H3,(H,23,24). The molecule has 1 aliphatic heterocycles. The van der Waals surface area contributed by atoms with Crippen molar-refractivity contribution in [3.05, 3.63) is 48.2 Å². The average molecular weight is 397 g/mol. The molecule has 1 aliphatic rings. The summed E-state index contributed by atoms with van der Waals surface area (Å²) in [6.45, 7) is 5.67. The number of hydrogen-bond acceptors (Lipinski definition) is 6. The van der Waals surface area contributed by atoms with E-state index in [-0.39, 0.29) is 17.8 Å². The number of amides is 1. The average Bonchev–Trinajstić information content (AvgIpc) is 2.75. The van der Waals surface area contributed by atoms with E-state index < -0.39 is 0 Å². The van der Waals surface area contributed by atoms with Crippen LogP contribution in [0.1, 0.15) is 37.0 Å². The molecule has 3 rings (SSSR count). The van der Waals surface area contributed by atoms with E-state index in [9.17, 15) is 9.59 Å². The molecule has 2 aromatic rings. The molecular weight excluding hydrogens is 370 g/mol. The van der Waals surface area contributed by atoms with Crippen LogP contribution in [-0.2, 0) is 9.53 Å². The number of nitrogens with one attached hydrogen (secondary N) is 1. The minimum absolute atomic E-state index is 0.138. The lowest BCUT2D eigenvalue weighted by molar-refractivity contribution is -0.149. The van der Waals surface area contributed by atoms with Gasteiger partial charge in [0.2, 0.25) is 0 Å². The van der Waals surface area contributed by atoms with E-state index in [0.29, 0.717) is 37.7 Å². The molecule has 1 N–H and O–H groups in total. The number of carbonyl (C=O) groups is 2. The number of pyridine rings is 1. The number of piperidine rings is 1. The molecule has 1 unspecified atom stereocenters. The maximum absolute atomic E-state index is 13.1. The lowest BCUT2D eigenvalue weighted by Crippen LogP contribution is -2.43. The number of nitrogens with zero attached hydrogens (tertiary/aromatic N) is 2. The van der Waals surface area contributed by atoms with Crippen LogP contribution < -0.4 is 10.1 Å². The summed E-state index contributed by atoms with van der Waals surface area (Å²) in [5.74, 6) is 0.630. The number of rotatable bonds is 7. The maximum Gasteiger partial charge on any atom is 0.310 e. The van der Waals surface area contributed by atoms with Crippen molar-refractivity contribution in [3.63, 3.8) is 0 Å². The second kappa shape index (κ2) is 9.91. The molecule has 29 heavy (non-hydrogen) atoms. The predicted octanol–water partition coefficient (Wildman–Crippen LogP) is 3.64. The second-order valence-corrected chi connectivity index (χ2v) is 6.82. The third-order valence-electron chi connectivity index (χ3n) is 4.79. The second-order valence-electron chi connectivity index (χ2n) is 6.82. The van der Waals surface area contributed by atoms with Gasteiger partial charge in [0.05, 0.1) is 24.7 Å². The van der Waals surface area contributed by atoms with Crippen LogP contribution in [0.3, 0.4) is 0 Å². The molecule has 1 saturated heterocycles. The Labute approximate surface area is 171 Å². The lowest BCUT2D eigenvalue weighted by Gasteiger charge is -2.31. The van der Waals surface area contributed by atoms with Gasteiger partial charge in [0.15, 0.2) is 0 Å². The van der Waals surface area contributed by atoms with Gasteiger partial charge in [-0.2, -0.15) is 0 Å². The fraction of sp³-hybridized carbons (Fsp3) is 0.409. The summed E-state index contributed by atoms with van der Waals surface area (Å²) < 4.78 is 10.6. The highest BCUT2D eigenvalue weighted by atomic mass is 16.5. The van der Waals surface area contributed by atoms with Crippen molar-refractivity contribution in [2.45, 2.75) is 26.7 Å². The van der Waals surface area contributed by atoms with Gasteiger partial charge in [-0.1, -0.05) is 0 Å². The third-order valence-corrected chi connectivity index (χ3v) is 4.79. The topological polar surface area (TPSA) is 80.8 Å². The summed E-state index contributed by atoms with van der Waals surface area (Å²) in [4.78, 5) is 31.3. The van der Waals surface area contributed by atoms with E-state index in [0.717, 1.165) is 24.3 Å². The molecule has 1 fully saturated rings. The number of ether oxygens (including phenoxy) is 2. The number of carbonyl (C=O) groups excluding carboxylic acids is 2. The molecule has 0 saturated carbocycles. The number of benzene rings is 1. The first kappa shape index (κ1) is 20.6. The van der Waals surface area contributed by atoms with Crippen LogP contribution in [0.15, 0.2) is 42.6 Å². The maximum atomic E-state index is 13.1. The van der Waals surface area contributed by atoms with Crippen LogP contribution in [0, 0.1) is 5.92 Å². The van der Waals surface area contributed by atoms with Gasteiger partial charge >= 0.3 is 5.97 Å². The van der Waals surface area contributed by atoms with Crippen LogP contribution >= 0.6 is 0 Å². The highest BCUT2D eigenvalue weighted by Crippen LogP contribution is 2.25. The molecule has 154 valence electrons. The minimum atomic E-state index is -0.271. The molecule has 7 nitrogen and oxygen atoms in total. The molecule has 1 atom stereocenters. The zero-order valence-electron chi connectivity index (χ0n) is 16.9. The van der Waals surface area contributed by atoms with Crippen molar-refractivity contribution in [3.8, 4) is 5.75 Å². The van der Waals surface area contributed by atoms with Crippen LogP contribution in [-0.4, -0.2) is 48.1 Å². The van der Waals surface area contributed by atoms with E-state index in [1.807, 2.05) is 31.2 Å². The van der Waals surface area contributed by atoms with Gasteiger partial charge in [-0.15, -0.1) is 0 Å². The molecule has 1 aromatic carbocycles. The van der Waals surface area contributed by atoms with Crippen molar-refractivity contribution >= 4 is 23.4 Å². The van der Waals surface area contributed by atoms with Gasteiger partial charge < -0.3 is 19.7 Å². The number of likely N-dealkylation sites (tertiary alicyclic amines) is 1. The zero-order valence-corrected chi connectivity index (χ0v) is 16.9. The lowest BCUT2D eigenvalue weighted by atomic mass is 9.97. The van der Waals surface area contributed by atoms with E-state index >= 15 is 0 Å². The Bertz CT molecular complexity index is 838. The first-order chi connectivity index (χ1) is 14.1. The molecule has 0 bridgehead atoms. The summed E-state index contributed by atoms with van der Waals surface area (Å²) in [5, 5.41) is 3.21. The van der Waals surface area contributed by atoms with Crippen molar-refractivity contribution < 1.29 is 19.1 Å². The number of anilines is 2. The molecule has 0 spiro atoms. The van der Waals surface area contributed by atoms with Crippen LogP contribution in [0.2, 0.25) is 0 Å². The van der Waals surface area contributed by atoms with E-state index in [4.69, 9.17) is 9.47 Å². The van der Waals surface area contributed by atoms with Crippen LogP contribution in [0.25, 0.3) is 0 Å². The van der Waals surface area contributed by atoms with Gasteiger partial charge in [-0.25, -0.2) is 4.98 Å². The molecular formula is C22H27N3O4. The smallest absolute Gasteiger partial charge is 0.310 e. The van der Waals surface area contributed by atoms with Gasteiger partial charge in [0.25, 0.3) is 5.91 Å². The summed E-state index contributed by atoms with van der Waals surface area (Å²) in [5.41, 5.74) is 1.29. The normalized spacial score (nSPS) is 16.2. The Hall–Kier alpha value is -3.09. The molecule has 0 aliphatic carbocycles. The van der Waals surface area contributed by atoms with Crippen molar-refractivity contribution in [1.82, 2.24) is 9.88 Å². The highest BCUT2D eigenvalue weighted by molar-refractivity contribution is 5.99. The van der Waals surface area contributed by atoms with Crippen molar-refractivity contribution in [2.24, 2.45) is 5.92 Å². The largest absolute Gasteiger partial charge is 0.494 e. The number of hydrogen-bond donors (Lipinski definition) is 1. The van der Waals surface area contributed by atoms with Crippen molar-refractivity contribution in [2.75, 3.05) is 31.6 Å². The monoisotopic (exact) mass is 397 g/mol. The minimum Gasteiger partial charge on any atom is -0.494 e. The molecule has 0 radical (unpaired) electrons. The SMILES string of the molecule is CCOC(=O)C1CCCN(C(=O)c2cccnc2Nc2ccc(OCC)cc2)C1. The van der Waals surface area contributed by atoms with E-state index in [1.54, 1.807) is 30.2 Å². The fourth-order valence-corrected chi connectivity index (χ4v) is 3.40. The summed E-state index contributed by atoms with van der Waals surface area (Å²) >= 11 is 0. The zero-order chi connectivity index (χ0) is 20.6. The van der Waals surface area contributed by atoms with Gasteiger partial charge in [-0.05, 0) is 63.1 Å². The van der Waals surface area contributed by atoms with Crippen LogP contribution in [0.4, 0.5) is 11.5 Å². The summed E-state index contributed by atoms with van der Waals surface area (Å²) in [6.07, 6.45) is 3.16. The molecule has 1 amide bonds. The first-order valence-electron chi connectivity index (χ1n) is 10.0. The van der Waals surface area contributed by atoms with Crippen molar-refractivity contribution in [1.29, 1.82) is 0 Å². The Morgan fingerprint density at radius 2 is 1.97 bits per heavy atom. The summed E-state index contributed by atoms with van der Waals surface area (Å²) in [7, 11) is 0.